The molecule has 0 amide bonds. The summed E-state index contributed by atoms with van der Waals surface area (Å²) >= 11 is 6.33. The zero-order chi connectivity index (χ0) is 18.5. The van der Waals surface area contributed by atoms with Crippen LogP contribution >= 0.6 is 11.6 Å². The van der Waals surface area contributed by atoms with Crippen molar-refractivity contribution in [2.75, 3.05) is 6.61 Å². The van der Waals surface area contributed by atoms with Crippen molar-refractivity contribution in [3.05, 3.63) is 34.9 Å². The molecule has 4 nitrogen and oxygen atoms in total. The lowest BCUT2D eigenvalue weighted by atomic mass is 9.97. The summed E-state index contributed by atoms with van der Waals surface area (Å²) in [7, 11) is 0. The molecule has 1 unspecified atom stereocenters. The summed E-state index contributed by atoms with van der Waals surface area (Å²) < 4.78 is 11.4. The van der Waals surface area contributed by atoms with E-state index in [1.807, 2.05) is 45.0 Å². The number of carbonyl (C=O) groups excluding carboxylic acids is 1. The summed E-state index contributed by atoms with van der Waals surface area (Å²) in [6, 6.07) is 7.53. The third kappa shape index (κ3) is 5.98. The molecule has 1 aliphatic carbocycles. The van der Waals surface area contributed by atoms with Crippen molar-refractivity contribution >= 4 is 17.6 Å². The first kappa shape index (κ1) is 20.2. The molecule has 1 atom stereocenters. The minimum Gasteiger partial charge on any atom is -0.465 e. The fourth-order valence-corrected chi connectivity index (χ4v) is 3.23. The number of esters is 1. The molecule has 140 valence electrons. The molecule has 25 heavy (non-hydrogen) atoms. The number of hydrogen-bond acceptors (Lipinski definition) is 4. The molecule has 1 saturated carbocycles. The normalized spacial score (nSPS) is 18.1. The molecule has 1 aromatic rings. The van der Waals surface area contributed by atoms with Gasteiger partial charge in [0.05, 0.1) is 18.1 Å². The zero-order valence-electron chi connectivity index (χ0n) is 15.4. The van der Waals surface area contributed by atoms with E-state index in [0.29, 0.717) is 37.3 Å². The van der Waals surface area contributed by atoms with Gasteiger partial charge < -0.3 is 14.6 Å². The number of ether oxygens (including phenoxy) is 2. The standard InChI is InChI=1S/C20H29ClO4/c1-19(2,3)18(22)24-14-8-11-17(15-9-4-5-10-16(15)21)25-20(23)12-6-7-13-20/h4-5,9-10,17,23H,6-8,11-14H2,1-3H3. The van der Waals surface area contributed by atoms with Gasteiger partial charge in [0.15, 0.2) is 5.79 Å². The van der Waals surface area contributed by atoms with Crippen LogP contribution in [0, 0.1) is 5.41 Å². The number of benzene rings is 1. The van der Waals surface area contributed by atoms with Crippen LogP contribution in [0.5, 0.6) is 0 Å². The Bertz CT molecular complexity index is 573. The van der Waals surface area contributed by atoms with E-state index < -0.39 is 11.2 Å². The second-order valence-electron chi connectivity index (χ2n) is 7.81. The topological polar surface area (TPSA) is 55.8 Å². The van der Waals surface area contributed by atoms with Crippen molar-refractivity contribution in [1.82, 2.24) is 0 Å². The lowest BCUT2D eigenvalue weighted by Crippen LogP contribution is -2.30. The first-order valence-electron chi connectivity index (χ1n) is 9.03. The highest BCUT2D eigenvalue weighted by molar-refractivity contribution is 6.31. The van der Waals surface area contributed by atoms with E-state index in [-0.39, 0.29) is 12.1 Å². The van der Waals surface area contributed by atoms with Crippen molar-refractivity contribution in [3.8, 4) is 0 Å². The van der Waals surface area contributed by atoms with Gasteiger partial charge in [-0.25, -0.2) is 0 Å². The van der Waals surface area contributed by atoms with Crippen molar-refractivity contribution in [3.63, 3.8) is 0 Å². The molecular formula is C20H29ClO4. The molecule has 1 fully saturated rings. The first-order chi connectivity index (χ1) is 11.7. The quantitative estimate of drug-likeness (QED) is 0.416. The second kappa shape index (κ2) is 8.52. The summed E-state index contributed by atoms with van der Waals surface area (Å²) in [4.78, 5) is 11.8. The van der Waals surface area contributed by atoms with E-state index in [1.165, 1.54) is 0 Å². The van der Waals surface area contributed by atoms with Gasteiger partial charge in [-0.3, -0.25) is 4.79 Å². The molecule has 1 N–H and O–H groups in total. The van der Waals surface area contributed by atoms with Crippen LogP contribution in [0.1, 0.15) is 71.0 Å². The Hall–Kier alpha value is -1.10. The molecule has 0 spiro atoms. The van der Waals surface area contributed by atoms with Gasteiger partial charge in [-0.15, -0.1) is 0 Å². The lowest BCUT2D eigenvalue weighted by Gasteiger charge is -2.30. The van der Waals surface area contributed by atoms with Crippen molar-refractivity contribution in [2.45, 2.75) is 71.2 Å². The smallest absolute Gasteiger partial charge is 0.311 e. The first-order valence-corrected chi connectivity index (χ1v) is 9.41. The molecule has 0 aliphatic heterocycles. The summed E-state index contributed by atoms with van der Waals surface area (Å²) in [6.07, 6.45) is 4.19. The molecule has 0 heterocycles. The van der Waals surface area contributed by atoms with Gasteiger partial charge in [0.2, 0.25) is 0 Å². The zero-order valence-corrected chi connectivity index (χ0v) is 16.1. The average molecular weight is 369 g/mol. The summed E-state index contributed by atoms with van der Waals surface area (Å²) in [5, 5.41) is 11.2. The summed E-state index contributed by atoms with van der Waals surface area (Å²) in [5.41, 5.74) is 0.365. The van der Waals surface area contributed by atoms with Crippen LogP contribution < -0.4 is 0 Å². The van der Waals surface area contributed by atoms with E-state index in [4.69, 9.17) is 21.1 Å². The maximum absolute atomic E-state index is 11.8. The van der Waals surface area contributed by atoms with E-state index in [0.717, 1.165) is 18.4 Å². The Morgan fingerprint density at radius 2 is 1.92 bits per heavy atom. The highest BCUT2D eigenvalue weighted by Gasteiger charge is 2.35. The molecule has 0 bridgehead atoms. The van der Waals surface area contributed by atoms with Crippen LogP contribution in [0.3, 0.4) is 0 Å². The highest BCUT2D eigenvalue weighted by Crippen LogP contribution is 2.38. The van der Waals surface area contributed by atoms with Crippen LogP contribution in [-0.4, -0.2) is 23.5 Å². The number of aliphatic hydroxyl groups is 1. The minimum atomic E-state index is -1.08. The third-order valence-corrected chi connectivity index (χ3v) is 4.80. The molecule has 5 heteroatoms. The predicted octanol–water partition coefficient (Wildman–Crippen LogP) is 5.03. The Morgan fingerprint density at radius 1 is 1.28 bits per heavy atom. The average Bonchev–Trinajstić information content (AvgIpc) is 2.96. The van der Waals surface area contributed by atoms with Crippen LogP contribution in [0.4, 0.5) is 0 Å². The second-order valence-corrected chi connectivity index (χ2v) is 8.22. The van der Waals surface area contributed by atoms with Gasteiger partial charge in [-0.1, -0.05) is 29.8 Å². The van der Waals surface area contributed by atoms with E-state index in [2.05, 4.69) is 0 Å². The Morgan fingerprint density at radius 3 is 2.52 bits per heavy atom. The lowest BCUT2D eigenvalue weighted by molar-refractivity contribution is -0.229. The molecule has 0 aromatic heterocycles. The summed E-state index contributed by atoms with van der Waals surface area (Å²) in [5.74, 6) is -1.29. The molecular weight excluding hydrogens is 340 g/mol. The SMILES string of the molecule is CC(C)(C)C(=O)OCCCC(OC1(O)CCCC1)c1ccccc1Cl. The number of hydrogen-bond donors (Lipinski definition) is 1. The number of carbonyl (C=O) groups is 1. The van der Waals surface area contributed by atoms with Crippen LogP contribution in [0.25, 0.3) is 0 Å². The maximum atomic E-state index is 11.8. The van der Waals surface area contributed by atoms with Gasteiger partial charge in [0, 0.05) is 17.9 Å². The monoisotopic (exact) mass is 368 g/mol. The maximum Gasteiger partial charge on any atom is 0.311 e. The largest absolute Gasteiger partial charge is 0.465 e. The molecule has 0 saturated heterocycles. The molecule has 2 rings (SSSR count). The predicted molar refractivity (Wildman–Crippen MR) is 98.3 cm³/mol. The van der Waals surface area contributed by atoms with Crippen molar-refractivity contribution in [1.29, 1.82) is 0 Å². The van der Waals surface area contributed by atoms with Gasteiger partial charge in [-0.05, 0) is 58.1 Å². The van der Waals surface area contributed by atoms with Crippen molar-refractivity contribution < 1.29 is 19.4 Å². The van der Waals surface area contributed by atoms with Crippen LogP contribution in [0.15, 0.2) is 24.3 Å². The summed E-state index contributed by atoms with van der Waals surface area (Å²) in [6.45, 7) is 5.83. The molecule has 1 aliphatic rings. The van der Waals surface area contributed by atoms with Gasteiger partial charge in [0.1, 0.15) is 0 Å². The number of rotatable bonds is 7. The van der Waals surface area contributed by atoms with Crippen LogP contribution in [-0.2, 0) is 14.3 Å². The van der Waals surface area contributed by atoms with E-state index in [9.17, 15) is 9.90 Å². The van der Waals surface area contributed by atoms with E-state index >= 15 is 0 Å². The number of halogens is 1. The fraction of sp³-hybridized carbons (Fsp3) is 0.650. The Kier molecular flexibility index (Phi) is 6.89. The van der Waals surface area contributed by atoms with Crippen LogP contribution in [0.2, 0.25) is 5.02 Å². The van der Waals surface area contributed by atoms with Gasteiger partial charge >= 0.3 is 5.97 Å². The molecule has 1 aromatic carbocycles. The van der Waals surface area contributed by atoms with Gasteiger partial charge in [0.25, 0.3) is 0 Å². The highest BCUT2D eigenvalue weighted by atomic mass is 35.5. The third-order valence-electron chi connectivity index (χ3n) is 4.45. The molecule has 0 radical (unpaired) electrons. The minimum absolute atomic E-state index is 0.211. The Labute approximate surface area is 155 Å². The van der Waals surface area contributed by atoms with E-state index in [1.54, 1.807) is 0 Å². The van der Waals surface area contributed by atoms with Crippen molar-refractivity contribution in [2.24, 2.45) is 5.41 Å². The fourth-order valence-electron chi connectivity index (χ4n) is 2.97. The Balaban J connectivity index is 1.98. The van der Waals surface area contributed by atoms with Gasteiger partial charge in [-0.2, -0.15) is 0 Å².